The highest BCUT2D eigenvalue weighted by molar-refractivity contribution is 9.11. The number of aromatic nitrogens is 2. The number of nitrogens with one attached hydrogen (secondary N) is 1. The van der Waals surface area contributed by atoms with Gasteiger partial charge >= 0.3 is 0 Å². The summed E-state index contributed by atoms with van der Waals surface area (Å²) >= 11 is 5.05. The zero-order chi connectivity index (χ0) is 11.5. The van der Waals surface area contributed by atoms with E-state index in [1.165, 1.54) is 0 Å². The van der Waals surface area contributed by atoms with Crippen LogP contribution in [0.4, 0.5) is 5.82 Å². The van der Waals surface area contributed by atoms with E-state index in [-0.39, 0.29) is 6.04 Å². The highest BCUT2D eigenvalue weighted by Gasteiger charge is 2.10. The number of anilines is 1. The normalized spacial score (nSPS) is 12.4. The van der Waals surface area contributed by atoms with Crippen LogP contribution in [0.15, 0.2) is 28.3 Å². The Morgan fingerprint density at radius 2 is 2.25 bits per heavy atom. The molecule has 0 aliphatic carbocycles. The smallest absolute Gasteiger partial charge is 0.129 e. The summed E-state index contributed by atoms with van der Waals surface area (Å²) in [4.78, 5) is 8.63. The molecule has 1 N–H and O–H groups in total. The van der Waals surface area contributed by atoms with Crippen molar-refractivity contribution in [1.29, 1.82) is 0 Å². The standard InChI is InChI=1S/C11H12BrN3S/c1-7-4-3-5-13-10(7)15-8(2)11-14-6-9(12)16-11/h3-6,8H,1-2H3,(H,13,15). The lowest BCUT2D eigenvalue weighted by atomic mass is 10.2. The first-order chi connectivity index (χ1) is 7.66. The predicted octanol–water partition coefficient (Wildman–Crippen LogP) is 3.78. The van der Waals surface area contributed by atoms with Crippen LogP contribution in [-0.2, 0) is 0 Å². The van der Waals surface area contributed by atoms with Crippen LogP contribution in [0.2, 0.25) is 0 Å². The molecule has 1 atom stereocenters. The van der Waals surface area contributed by atoms with E-state index < -0.39 is 0 Å². The number of hydrogen-bond donors (Lipinski definition) is 1. The first kappa shape index (κ1) is 11.5. The SMILES string of the molecule is Cc1cccnc1NC(C)c1ncc(Br)s1. The van der Waals surface area contributed by atoms with Gasteiger partial charge in [0.2, 0.25) is 0 Å². The molecule has 2 rings (SSSR count). The van der Waals surface area contributed by atoms with Crippen LogP contribution in [-0.4, -0.2) is 9.97 Å². The molecule has 0 saturated heterocycles. The molecule has 3 nitrogen and oxygen atoms in total. The molecule has 2 aromatic rings. The van der Waals surface area contributed by atoms with Crippen molar-refractivity contribution >= 4 is 33.1 Å². The molecule has 0 aliphatic rings. The summed E-state index contributed by atoms with van der Waals surface area (Å²) in [7, 11) is 0. The second-order valence-electron chi connectivity index (χ2n) is 3.54. The van der Waals surface area contributed by atoms with E-state index in [4.69, 9.17) is 0 Å². The van der Waals surface area contributed by atoms with E-state index >= 15 is 0 Å². The van der Waals surface area contributed by atoms with Crippen LogP contribution in [0.25, 0.3) is 0 Å². The minimum Gasteiger partial charge on any atom is -0.361 e. The fraction of sp³-hybridized carbons (Fsp3) is 0.273. The zero-order valence-corrected chi connectivity index (χ0v) is 11.5. The van der Waals surface area contributed by atoms with Crippen LogP contribution in [0.3, 0.4) is 0 Å². The van der Waals surface area contributed by atoms with Crippen molar-refractivity contribution in [3.63, 3.8) is 0 Å². The minimum atomic E-state index is 0.171. The lowest BCUT2D eigenvalue weighted by molar-refractivity contribution is 0.858. The van der Waals surface area contributed by atoms with E-state index in [2.05, 4.69) is 38.1 Å². The Morgan fingerprint density at radius 1 is 1.44 bits per heavy atom. The molecular formula is C11H12BrN3S. The van der Waals surface area contributed by atoms with Gasteiger partial charge in [-0.3, -0.25) is 0 Å². The molecule has 0 bridgehead atoms. The minimum absolute atomic E-state index is 0.171. The Morgan fingerprint density at radius 3 is 2.88 bits per heavy atom. The lowest BCUT2D eigenvalue weighted by Crippen LogP contribution is -2.08. The summed E-state index contributed by atoms with van der Waals surface area (Å²) in [5, 5.41) is 4.41. The Bertz CT molecular complexity index is 484. The first-order valence-electron chi connectivity index (χ1n) is 4.96. The Balaban J connectivity index is 2.13. The van der Waals surface area contributed by atoms with Gasteiger partial charge in [0, 0.05) is 6.20 Å². The third kappa shape index (κ3) is 2.59. The quantitative estimate of drug-likeness (QED) is 0.937. The molecule has 2 aromatic heterocycles. The van der Waals surface area contributed by atoms with Gasteiger partial charge in [0.1, 0.15) is 10.8 Å². The summed E-state index contributed by atoms with van der Waals surface area (Å²) in [5.41, 5.74) is 1.14. The van der Waals surface area contributed by atoms with Crippen molar-refractivity contribution in [1.82, 2.24) is 9.97 Å². The van der Waals surface area contributed by atoms with Crippen molar-refractivity contribution in [3.8, 4) is 0 Å². The number of pyridine rings is 1. The fourth-order valence-electron chi connectivity index (χ4n) is 1.37. The Hall–Kier alpha value is -0.940. The van der Waals surface area contributed by atoms with Crippen molar-refractivity contribution in [2.24, 2.45) is 0 Å². The molecule has 0 radical (unpaired) electrons. The topological polar surface area (TPSA) is 37.8 Å². The van der Waals surface area contributed by atoms with Crippen LogP contribution < -0.4 is 5.32 Å². The molecule has 2 heterocycles. The highest BCUT2D eigenvalue weighted by Crippen LogP contribution is 2.26. The number of halogens is 1. The van der Waals surface area contributed by atoms with E-state index in [1.54, 1.807) is 17.5 Å². The second-order valence-corrected chi connectivity index (χ2v) is 5.98. The molecule has 5 heteroatoms. The highest BCUT2D eigenvalue weighted by atomic mass is 79.9. The van der Waals surface area contributed by atoms with Gasteiger partial charge in [-0.15, -0.1) is 11.3 Å². The van der Waals surface area contributed by atoms with Gasteiger partial charge in [0.15, 0.2) is 0 Å². The average molecular weight is 298 g/mol. The van der Waals surface area contributed by atoms with Gasteiger partial charge in [0.05, 0.1) is 16.0 Å². The van der Waals surface area contributed by atoms with E-state index in [0.29, 0.717) is 0 Å². The molecule has 84 valence electrons. The molecule has 0 amide bonds. The number of nitrogens with zero attached hydrogens (tertiary/aromatic N) is 2. The van der Waals surface area contributed by atoms with Gasteiger partial charge in [-0.1, -0.05) is 6.07 Å². The van der Waals surface area contributed by atoms with Crippen molar-refractivity contribution < 1.29 is 0 Å². The zero-order valence-electron chi connectivity index (χ0n) is 9.07. The Labute approximate surface area is 107 Å². The number of thiazole rings is 1. The maximum absolute atomic E-state index is 4.32. The van der Waals surface area contributed by atoms with Crippen LogP contribution in [0.1, 0.15) is 23.5 Å². The van der Waals surface area contributed by atoms with Crippen molar-refractivity contribution in [2.75, 3.05) is 5.32 Å². The predicted molar refractivity (Wildman–Crippen MR) is 70.8 cm³/mol. The van der Waals surface area contributed by atoms with Gasteiger partial charge < -0.3 is 5.32 Å². The third-order valence-electron chi connectivity index (χ3n) is 2.23. The summed E-state index contributed by atoms with van der Waals surface area (Å²) in [5.74, 6) is 0.918. The van der Waals surface area contributed by atoms with Crippen LogP contribution in [0.5, 0.6) is 0 Å². The number of aryl methyl sites for hydroxylation is 1. The summed E-state index contributed by atoms with van der Waals surface area (Å²) < 4.78 is 1.05. The van der Waals surface area contributed by atoms with E-state index in [0.717, 1.165) is 20.2 Å². The largest absolute Gasteiger partial charge is 0.361 e. The van der Waals surface area contributed by atoms with Gasteiger partial charge in [0.25, 0.3) is 0 Å². The molecule has 0 aliphatic heterocycles. The Kier molecular flexibility index (Phi) is 3.56. The van der Waals surface area contributed by atoms with E-state index in [1.807, 2.05) is 25.3 Å². The molecule has 16 heavy (non-hydrogen) atoms. The molecule has 0 spiro atoms. The molecule has 1 unspecified atom stereocenters. The maximum Gasteiger partial charge on any atom is 0.129 e. The third-order valence-corrected chi connectivity index (χ3v) is 3.89. The average Bonchev–Trinajstić information content (AvgIpc) is 2.68. The van der Waals surface area contributed by atoms with Crippen LogP contribution >= 0.6 is 27.3 Å². The van der Waals surface area contributed by atoms with Gasteiger partial charge in [-0.2, -0.15) is 0 Å². The van der Waals surface area contributed by atoms with E-state index in [9.17, 15) is 0 Å². The molecule has 0 fully saturated rings. The monoisotopic (exact) mass is 297 g/mol. The van der Waals surface area contributed by atoms with Gasteiger partial charge in [-0.25, -0.2) is 9.97 Å². The van der Waals surface area contributed by atoms with Gasteiger partial charge in [-0.05, 0) is 41.4 Å². The lowest BCUT2D eigenvalue weighted by Gasteiger charge is -2.13. The number of hydrogen-bond acceptors (Lipinski definition) is 4. The fourth-order valence-corrected chi connectivity index (χ4v) is 2.62. The molecule has 0 saturated carbocycles. The molecular weight excluding hydrogens is 286 g/mol. The van der Waals surface area contributed by atoms with Crippen molar-refractivity contribution in [2.45, 2.75) is 19.9 Å². The molecule has 0 aromatic carbocycles. The number of rotatable bonds is 3. The maximum atomic E-state index is 4.32. The summed E-state index contributed by atoms with van der Waals surface area (Å²) in [6.45, 7) is 4.12. The first-order valence-corrected chi connectivity index (χ1v) is 6.57. The van der Waals surface area contributed by atoms with Crippen LogP contribution in [0, 0.1) is 6.92 Å². The summed E-state index contributed by atoms with van der Waals surface area (Å²) in [6.07, 6.45) is 3.61. The summed E-state index contributed by atoms with van der Waals surface area (Å²) in [6, 6.07) is 4.15. The van der Waals surface area contributed by atoms with Crippen molar-refractivity contribution in [3.05, 3.63) is 38.9 Å². The second kappa shape index (κ2) is 4.93.